The van der Waals surface area contributed by atoms with E-state index in [-0.39, 0.29) is 24.9 Å². The summed E-state index contributed by atoms with van der Waals surface area (Å²) in [6.07, 6.45) is 0.326. The highest BCUT2D eigenvalue weighted by Crippen LogP contribution is 2.06. The molecule has 0 aromatic heterocycles. The van der Waals surface area contributed by atoms with Crippen molar-refractivity contribution in [3.63, 3.8) is 0 Å². The molecule has 0 rings (SSSR count). The van der Waals surface area contributed by atoms with E-state index in [2.05, 4.69) is 35.5 Å². The maximum atomic E-state index is 10.9. The number of carbonyl (C=O) groups is 2. The zero-order chi connectivity index (χ0) is 19.4. The number of likely N-dealkylation sites (N-methyl/N-ethyl adjacent to an activating group) is 3. The minimum absolute atomic E-state index is 0.0314. The Morgan fingerprint density at radius 1 is 0.720 bits per heavy atom. The second kappa shape index (κ2) is 13.1. The third-order valence-corrected chi connectivity index (χ3v) is 4.85. The number of carboxylic acid groups (broad SMARTS) is 2. The highest BCUT2D eigenvalue weighted by atomic mass is 16.4. The molecule has 0 spiro atoms. The van der Waals surface area contributed by atoms with Gasteiger partial charge in [0.05, 0.1) is 12.8 Å². The second-order valence-electron chi connectivity index (χ2n) is 6.59. The van der Waals surface area contributed by atoms with Crippen molar-refractivity contribution in [2.24, 2.45) is 0 Å². The van der Waals surface area contributed by atoms with Gasteiger partial charge in [0.1, 0.15) is 0 Å². The molecule has 0 aromatic carbocycles. The number of hydrogen-bond acceptors (Lipinski definition) is 5. The molecule has 25 heavy (non-hydrogen) atoms. The quantitative estimate of drug-likeness (QED) is 0.460. The summed E-state index contributed by atoms with van der Waals surface area (Å²) in [5, 5.41) is 17.9. The first-order valence-electron chi connectivity index (χ1n) is 9.39. The fourth-order valence-corrected chi connectivity index (χ4v) is 3.11. The summed E-state index contributed by atoms with van der Waals surface area (Å²) in [4.78, 5) is 28.5. The summed E-state index contributed by atoms with van der Waals surface area (Å²) in [6, 6.07) is 0.0628. The van der Waals surface area contributed by atoms with Crippen LogP contribution in [0.25, 0.3) is 0 Å². The number of aliphatic carboxylic acids is 2. The van der Waals surface area contributed by atoms with Crippen molar-refractivity contribution in [1.82, 2.24) is 14.7 Å². The zero-order valence-corrected chi connectivity index (χ0v) is 16.6. The van der Waals surface area contributed by atoms with E-state index in [1.807, 2.05) is 13.8 Å². The smallest absolute Gasteiger partial charge is 0.304 e. The Bertz CT molecular complexity index is 359. The van der Waals surface area contributed by atoms with Crippen LogP contribution in [0.2, 0.25) is 0 Å². The van der Waals surface area contributed by atoms with Crippen LogP contribution in [0.15, 0.2) is 0 Å². The van der Waals surface area contributed by atoms with Gasteiger partial charge in [-0.15, -0.1) is 0 Å². The lowest BCUT2D eigenvalue weighted by Gasteiger charge is -2.32. The molecule has 0 amide bonds. The molecule has 0 heterocycles. The summed E-state index contributed by atoms with van der Waals surface area (Å²) in [5.41, 5.74) is 0. The first kappa shape index (κ1) is 23.8. The number of hydrogen-bond donors (Lipinski definition) is 2. The maximum Gasteiger partial charge on any atom is 0.304 e. The molecule has 0 fully saturated rings. The highest BCUT2D eigenvalue weighted by molar-refractivity contribution is 5.67. The van der Waals surface area contributed by atoms with E-state index < -0.39 is 11.9 Å². The van der Waals surface area contributed by atoms with E-state index in [0.29, 0.717) is 0 Å². The third kappa shape index (κ3) is 10.4. The fourth-order valence-electron chi connectivity index (χ4n) is 3.11. The molecular formula is C18H37N3O4. The molecule has 7 nitrogen and oxygen atoms in total. The first-order valence-corrected chi connectivity index (χ1v) is 9.39. The summed E-state index contributed by atoms with van der Waals surface area (Å²) in [6.45, 7) is 16.2. The van der Waals surface area contributed by atoms with Crippen molar-refractivity contribution in [3.8, 4) is 0 Å². The van der Waals surface area contributed by atoms with Gasteiger partial charge in [-0.1, -0.05) is 20.8 Å². The molecule has 0 aliphatic rings. The molecule has 0 aliphatic heterocycles. The van der Waals surface area contributed by atoms with Gasteiger partial charge in [0, 0.05) is 38.3 Å². The van der Waals surface area contributed by atoms with Crippen molar-refractivity contribution < 1.29 is 19.8 Å². The number of rotatable bonds is 15. The zero-order valence-electron chi connectivity index (χ0n) is 16.6. The van der Waals surface area contributed by atoms with Crippen LogP contribution in [-0.4, -0.2) is 94.7 Å². The summed E-state index contributed by atoms with van der Waals surface area (Å²) in [7, 11) is 0. The van der Waals surface area contributed by atoms with Crippen LogP contribution in [0.1, 0.15) is 47.5 Å². The maximum absolute atomic E-state index is 10.9. The molecule has 0 bridgehead atoms. The van der Waals surface area contributed by atoms with Crippen LogP contribution in [0.3, 0.4) is 0 Å². The fraction of sp³-hybridized carbons (Fsp3) is 0.889. The third-order valence-electron chi connectivity index (χ3n) is 4.85. The van der Waals surface area contributed by atoms with Gasteiger partial charge in [-0.05, 0) is 33.5 Å². The van der Waals surface area contributed by atoms with Gasteiger partial charge in [-0.3, -0.25) is 19.4 Å². The Morgan fingerprint density at radius 3 is 1.32 bits per heavy atom. The molecule has 7 heteroatoms. The van der Waals surface area contributed by atoms with Crippen LogP contribution in [-0.2, 0) is 9.59 Å². The molecule has 2 N–H and O–H groups in total. The second-order valence-corrected chi connectivity index (χ2v) is 6.59. The minimum Gasteiger partial charge on any atom is -0.481 e. The van der Waals surface area contributed by atoms with Crippen LogP contribution in [0, 0.1) is 0 Å². The van der Waals surface area contributed by atoms with Crippen LogP contribution < -0.4 is 0 Å². The number of carboxylic acids is 2. The molecule has 0 aliphatic carbocycles. The van der Waals surface area contributed by atoms with Gasteiger partial charge >= 0.3 is 11.9 Å². The largest absolute Gasteiger partial charge is 0.481 e. The standard InChI is InChI=1S/C18H37N3O4/c1-6-19(9-11-20(7-2)15(4)13-17(22)23)10-12-21(8-3)16(5)14-18(24)25/h15-16H,6-14H2,1-5H3,(H,22,23)(H,24,25)/t15-,16?/m1/s1. The average molecular weight is 360 g/mol. The van der Waals surface area contributed by atoms with E-state index in [4.69, 9.17) is 10.2 Å². The Kier molecular flexibility index (Phi) is 12.5. The van der Waals surface area contributed by atoms with Crippen molar-refractivity contribution >= 4 is 11.9 Å². The molecule has 0 saturated carbocycles. The van der Waals surface area contributed by atoms with E-state index in [0.717, 1.165) is 45.8 Å². The molecule has 2 atom stereocenters. The van der Waals surface area contributed by atoms with Crippen molar-refractivity contribution in [3.05, 3.63) is 0 Å². The van der Waals surface area contributed by atoms with Gasteiger partial charge in [-0.25, -0.2) is 0 Å². The van der Waals surface area contributed by atoms with Crippen molar-refractivity contribution in [2.45, 2.75) is 59.5 Å². The van der Waals surface area contributed by atoms with E-state index in [1.165, 1.54) is 0 Å². The molecule has 0 saturated heterocycles. The molecule has 0 radical (unpaired) electrons. The van der Waals surface area contributed by atoms with E-state index >= 15 is 0 Å². The van der Waals surface area contributed by atoms with Crippen LogP contribution >= 0.6 is 0 Å². The monoisotopic (exact) mass is 359 g/mol. The van der Waals surface area contributed by atoms with Gasteiger partial charge < -0.3 is 15.1 Å². The average Bonchev–Trinajstić information content (AvgIpc) is 2.52. The Balaban J connectivity index is 4.43. The predicted octanol–water partition coefficient (Wildman–Crippen LogP) is 1.68. The molecular weight excluding hydrogens is 322 g/mol. The van der Waals surface area contributed by atoms with Gasteiger partial charge in [-0.2, -0.15) is 0 Å². The Labute approximate surface area is 152 Å². The lowest BCUT2D eigenvalue weighted by molar-refractivity contribution is -0.139. The Morgan fingerprint density at radius 2 is 1.08 bits per heavy atom. The van der Waals surface area contributed by atoms with Gasteiger partial charge in [0.15, 0.2) is 0 Å². The SMILES string of the molecule is CCN(CCN(CC)C(C)CC(=O)O)CCN(CC)[C@H](C)CC(=O)O. The summed E-state index contributed by atoms with van der Waals surface area (Å²) < 4.78 is 0. The Hall–Kier alpha value is -1.18. The van der Waals surface area contributed by atoms with Crippen LogP contribution in [0.5, 0.6) is 0 Å². The predicted molar refractivity (Wildman–Crippen MR) is 100 cm³/mol. The molecule has 0 aromatic rings. The lowest BCUT2D eigenvalue weighted by atomic mass is 10.2. The molecule has 1 unspecified atom stereocenters. The van der Waals surface area contributed by atoms with E-state index in [1.54, 1.807) is 0 Å². The lowest BCUT2D eigenvalue weighted by Crippen LogP contribution is -2.44. The summed E-state index contributed by atoms with van der Waals surface area (Å²) in [5.74, 6) is -1.52. The molecule has 148 valence electrons. The number of nitrogens with zero attached hydrogens (tertiary/aromatic N) is 3. The normalized spacial score (nSPS) is 14.2. The highest BCUT2D eigenvalue weighted by Gasteiger charge is 2.18. The topological polar surface area (TPSA) is 84.3 Å². The van der Waals surface area contributed by atoms with E-state index in [9.17, 15) is 9.59 Å². The van der Waals surface area contributed by atoms with Crippen molar-refractivity contribution in [1.29, 1.82) is 0 Å². The van der Waals surface area contributed by atoms with Crippen LogP contribution in [0.4, 0.5) is 0 Å². The first-order chi connectivity index (χ1) is 11.7. The summed E-state index contributed by atoms with van der Waals surface area (Å²) >= 11 is 0. The van der Waals surface area contributed by atoms with Gasteiger partial charge in [0.2, 0.25) is 0 Å². The minimum atomic E-state index is -0.760. The van der Waals surface area contributed by atoms with Gasteiger partial charge in [0.25, 0.3) is 0 Å². The van der Waals surface area contributed by atoms with Crippen molar-refractivity contribution in [2.75, 3.05) is 45.8 Å².